The van der Waals surface area contributed by atoms with Crippen LogP contribution < -0.4 is 5.32 Å². The van der Waals surface area contributed by atoms with E-state index in [2.05, 4.69) is 31.4 Å². The van der Waals surface area contributed by atoms with Crippen LogP contribution in [0.25, 0.3) is 11.4 Å². The number of nitrogens with zero attached hydrogens (tertiary/aromatic N) is 2. The van der Waals surface area contributed by atoms with Crippen LogP contribution in [0.4, 0.5) is 0 Å². The van der Waals surface area contributed by atoms with Gasteiger partial charge in [-0.1, -0.05) is 39.7 Å². The number of H-pyrrole nitrogens is 1. The van der Waals surface area contributed by atoms with E-state index in [4.69, 9.17) is 23.8 Å². The van der Waals surface area contributed by atoms with Crippen molar-refractivity contribution in [1.29, 1.82) is 0 Å². The molecule has 2 N–H and O–H groups in total. The SMILES string of the molecule is CC(NC(=O)Cn1c(-c2ccc(Cl)cc2)n[nH]c1=S)c1ccc(Br)cc1. The van der Waals surface area contributed by atoms with Crippen LogP contribution in [0.15, 0.2) is 53.0 Å². The molecule has 134 valence electrons. The zero-order valence-electron chi connectivity index (χ0n) is 13.9. The molecule has 5 nitrogen and oxygen atoms in total. The zero-order valence-corrected chi connectivity index (χ0v) is 17.0. The predicted octanol–water partition coefficient (Wildman–Crippen LogP) is 4.90. The molecule has 26 heavy (non-hydrogen) atoms. The van der Waals surface area contributed by atoms with Gasteiger partial charge in [0.25, 0.3) is 0 Å². The third kappa shape index (κ3) is 4.41. The lowest BCUT2D eigenvalue weighted by atomic mass is 10.1. The second-order valence-corrected chi connectivity index (χ2v) is 7.52. The van der Waals surface area contributed by atoms with E-state index >= 15 is 0 Å². The van der Waals surface area contributed by atoms with Crippen molar-refractivity contribution in [2.24, 2.45) is 0 Å². The van der Waals surface area contributed by atoms with E-state index in [-0.39, 0.29) is 18.5 Å². The van der Waals surface area contributed by atoms with Crippen LogP contribution in [-0.2, 0) is 11.3 Å². The third-order valence-electron chi connectivity index (χ3n) is 3.91. The van der Waals surface area contributed by atoms with E-state index < -0.39 is 0 Å². The molecule has 0 aliphatic heterocycles. The highest BCUT2D eigenvalue weighted by Crippen LogP contribution is 2.20. The van der Waals surface area contributed by atoms with Gasteiger partial charge in [-0.15, -0.1) is 0 Å². The normalized spacial score (nSPS) is 12.0. The number of amides is 1. The molecule has 8 heteroatoms. The lowest BCUT2D eigenvalue weighted by molar-refractivity contribution is -0.122. The maximum absolute atomic E-state index is 12.5. The van der Waals surface area contributed by atoms with Gasteiger partial charge < -0.3 is 5.32 Å². The van der Waals surface area contributed by atoms with Gasteiger partial charge >= 0.3 is 0 Å². The van der Waals surface area contributed by atoms with Crippen LogP contribution >= 0.6 is 39.7 Å². The van der Waals surface area contributed by atoms with Gasteiger partial charge in [0.1, 0.15) is 6.54 Å². The summed E-state index contributed by atoms with van der Waals surface area (Å²) in [5.41, 5.74) is 1.85. The van der Waals surface area contributed by atoms with Crippen LogP contribution in [0.2, 0.25) is 5.02 Å². The van der Waals surface area contributed by atoms with Gasteiger partial charge in [0.2, 0.25) is 5.91 Å². The Morgan fingerprint density at radius 2 is 1.92 bits per heavy atom. The Labute approximate surface area is 169 Å². The molecule has 0 aliphatic carbocycles. The first-order chi connectivity index (χ1) is 12.4. The lowest BCUT2D eigenvalue weighted by Crippen LogP contribution is -2.30. The van der Waals surface area contributed by atoms with Crippen molar-refractivity contribution < 1.29 is 4.79 Å². The van der Waals surface area contributed by atoms with Gasteiger partial charge in [0, 0.05) is 15.1 Å². The highest BCUT2D eigenvalue weighted by molar-refractivity contribution is 9.10. The number of hydrogen-bond donors (Lipinski definition) is 2. The molecule has 0 saturated carbocycles. The van der Waals surface area contributed by atoms with Gasteiger partial charge in [0.15, 0.2) is 10.6 Å². The van der Waals surface area contributed by atoms with E-state index in [0.29, 0.717) is 15.6 Å². The largest absolute Gasteiger partial charge is 0.348 e. The maximum atomic E-state index is 12.5. The lowest BCUT2D eigenvalue weighted by Gasteiger charge is -2.15. The highest BCUT2D eigenvalue weighted by atomic mass is 79.9. The number of carbonyl (C=O) groups is 1. The summed E-state index contributed by atoms with van der Waals surface area (Å²) in [5, 5.41) is 10.6. The zero-order chi connectivity index (χ0) is 18.7. The number of aromatic nitrogens is 3. The van der Waals surface area contributed by atoms with Crippen LogP contribution in [0.3, 0.4) is 0 Å². The first-order valence-corrected chi connectivity index (χ1v) is 9.48. The van der Waals surface area contributed by atoms with E-state index in [9.17, 15) is 4.79 Å². The fraction of sp³-hybridized carbons (Fsp3) is 0.167. The number of aromatic amines is 1. The van der Waals surface area contributed by atoms with Gasteiger partial charge in [-0.3, -0.25) is 14.5 Å². The van der Waals surface area contributed by atoms with Gasteiger partial charge in [0.05, 0.1) is 6.04 Å². The molecular weight excluding hydrogens is 436 g/mol. The summed E-state index contributed by atoms with van der Waals surface area (Å²) in [5.74, 6) is 0.450. The van der Waals surface area contributed by atoms with Crippen LogP contribution in [0.1, 0.15) is 18.5 Å². The average molecular weight is 452 g/mol. The Morgan fingerprint density at radius 3 is 2.58 bits per heavy atom. The van der Waals surface area contributed by atoms with Crippen LogP contribution in [0.5, 0.6) is 0 Å². The molecule has 3 rings (SSSR count). The summed E-state index contributed by atoms with van der Waals surface area (Å²) in [6.07, 6.45) is 0. The maximum Gasteiger partial charge on any atom is 0.240 e. The summed E-state index contributed by atoms with van der Waals surface area (Å²) in [6.45, 7) is 2.02. The Kier molecular flexibility index (Phi) is 5.90. The van der Waals surface area contributed by atoms with Crippen molar-refractivity contribution >= 4 is 45.7 Å². The molecule has 1 atom stereocenters. The number of halogens is 2. The van der Waals surface area contributed by atoms with Crippen molar-refractivity contribution in [1.82, 2.24) is 20.1 Å². The molecule has 2 aromatic carbocycles. The number of hydrogen-bond acceptors (Lipinski definition) is 3. The Bertz CT molecular complexity index is 966. The smallest absolute Gasteiger partial charge is 0.240 e. The standard InChI is InChI=1S/C18H16BrClN4OS/c1-11(12-2-6-14(19)7-3-12)21-16(25)10-24-17(22-23-18(24)26)13-4-8-15(20)9-5-13/h2-9,11H,10H2,1H3,(H,21,25)(H,23,26). The summed E-state index contributed by atoms with van der Waals surface area (Å²) in [4.78, 5) is 12.5. The van der Waals surface area contributed by atoms with Crippen molar-refractivity contribution in [3.8, 4) is 11.4 Å². The summed E-state index contributed by atoms with van der Waals surface area (Å²) < 4.78 is 3.06. The quantitative estimate of drug-likeness (QED) is 0.542. The fourth-order valence-electron chi connectivity index (χ4n) is 2.55. The van der Waals surface area contributed by atoms with E-state index in [1.165, 1.54) is 0 Å². The first kappa shape index (κ1) is 18.8. The van der Waals surface area contributed by atoms with Crippen molar-refractivity contribution in [2.45, 2.75) is 19.5 Å². The minimum Gasteiger partial charge on any atom is -0.348 e. The molecule has 0 aliphatic rings. The topological polar surface area (TPSA) is 62.7 Å². The van der Waals surface area contributed by atoms with E-state index in [1.807, 2.05) is 43.3 Å². The average Bonchev–Trinajstić information content (AvgIpc) is 2.97. The predicted molar refractivity (Wildman–Crippen MR) is 109 cm³/mol. The van der Waals surface area contributed by atoms with Crippen molar-refractivity contribution in [3.05, 3.63) is 68.4 Å². The molecule has 0 spiro atoms. The van der Waals surface area contributed by atoms with Crippen molar-refractivity contribution in [2.75, 3.05) is 0 Å². The minimum absolute atomic E-state index is 0.0775. The van der Waals surface area contributed by atoms with Gasteiger partial charge in [-0.25, -0.2) is 0 Å². The van der Waals surface area contributed by atoms with Gasteiger partial charge in [-0.05, 0) is 61.1 Å². The summed E-state index contributed by atoms with van der Waals surface area (Å²) >= 11 is 14.6. The second kappa shape index (κ2) is 8.16. The Balaban J connectivity index is 1.75. The van der Waals surface area contributed by atoms with Crippen LogP contribution in [0, 0.1) is 4.77 Å². The second-order valence-electron chi connectivity index (χ2n) is 5.79. The summed E-state index contributed by atoms with van der Waals surface area (Å²) in [6, 6.07) is 14.9. The fourth-order valence-corrected chi connectivity index (χ4v) is 3.14. The van der Waals surface area contributed by atoms with Gasteiger partial charge in [-0.2, -0.15) is 5.10 Å². The Morgan fingerprint density at radius 1 is 1.27 bits per heavy atom. The molecule has 1 heterocycles. The molecular formula is C18H16BrClN4OS. The first-order valence-electron chi connectivity index (χ1n) is 7.90. The third-order valence-corrected chi connectivity index (χ3v) is 5.00. The molecule has 1 unspecified atom stereocenters. The minimum atomic E-state index is -0.145. The summed E-state index contributed by atoms with van der Waals surface area (Å²) in [7, 11) is 0. The molecule has 1 amide bonds. The van der Waals surface area contributed by atoms with Crippen LogP contribution in [-0.4, -0.2) is 20.7 Å². The molecule has 0 bridgehead atoms. The number of rotatable bonds is 5. The number of carbonyl (C=O) groups excluding carboxylic acids is 1. The molecule has 0 saturated heterocycles. The Hall–Kier alpha value is -1.96. The van der Waals surface area contributed by atoms with E-state index in [1.54, 1.807) is 16.7 Å². The number of nitrogens with one attached hydrogen (secondary N) is 2. The molecule has 0 radical (unpaired) electrons. The monoisotopic (exact) mass is 450 g/mol. The molecule has 0 fully saturated rings. The highest BCUT2D eigenvalue weighted by Gasteiger charge is 2.14. The van der Waals surface area contributed by atoms with E-state index in [0.717, 1.165) is 15.6 Å². The van der Waals surface area contributed by atoms with Crippen molar-refractivity contribution in [3.63, 3.8) is 0 Å². The number of benzene rings is 2. The molecule has 3 aromatic rings. The molecule has 1 aromatic heterocycles.